The molecule has 0 saturated heterocycles. The van der Waals surface area contributed by atoms with Gasteiger partial charge in [0.1, 0.15) is 0 Å². The summed E-state index contributed by atoms with van der Waals surface area (Å²) >= 11 is 0. The van der Waals surface area contributed by atoms with Gasteiger partial charge in [0.15, 0.2) is 0 Å². The van der Waals surface area contributed by atoms with Crippen LogP contribution >= 0.6 is 0 Å². The van der Waals surface area contributed by atoms with Crippen LogP contribution in [0.4, 0.5) is 4.79 Å². The van der Waals surface area contributed by atoms with Gasteiger partial charge in [-0.25, -0.2) is 4.79 Å². The zero-order valence-corrected chi connectivity index (χ0v) is 15.1. The van der Waals surface area contributed by atoms with Gasteiger partial charge in [-0.15, -0.1) is 0 Å². The van der Waals surface area contributed by atoms with Crippen LogP contribution in [0, 0.1) is 0 Å². The van der Waals surface area contributed by atoms with Crippen molar-refractivity contribution in [3.8, 4) is 0 Å². The van der Waals surface area contributed by atoms with Gasteiger partial charge in [-0.3, -0.25) is 4.98 Å². The summed E-state index contributed by atoms with van der Waals surface area (Å²) in [5.74, 6) is 0. The molecule has 2 unspecified atom stereocenters. The number of hydrogen-bond acceptors (Lipinski definition) is 3. The van der Waals surface area contributed by atoms with Gasteiger partial charge in [0.05, 0.1) is 12.1 Å². The molecular formula is C20H27N3O2. The van der Waals surface area contributed by atoms with E-state index in [0.717, 1.165) is 11.1 Å². The van der Waals surface area contributed by atoms with Crippen LogP contribution < -0.4 is 10.6 Å². The van der Waals surface area contributed by atoms with Crippen molar-refractivity contribution in [1.29, 1.82) is 0 Å². The second-order valence-electron chi connectivity index (χ2n) is 6.99. The number of urea groups is 1. The Morgan fingerprint density at radius 3 is 2.44 bits per heavy atom. The summed E-state index contributed by atoms with van der Waals surface area (Å²) in [5.41, 5.74) is 1.95. The summed E-state index contributed by atoms with van der Waals surface area (Å²) < 4.78 is 0. The van der Waals surface area contributed by atoms with E-state index >= 15 is 0 Å². The molecule has 5 nitrogen and oxygen atoms in total. The quantitative estimate of drug-likeness (QED) is 0.725. The fourth-order valence-electron chi connectivity index (χ4n) is 2.59. The number of aliphatic hydroxyl groups excluding tert-OH is 1. The average Bonchev–Trinajstić information content (AvgIpc) is 2.61. The first-order valence-electron chi connectivity index (χ1n) is 8.55. The van der Waals surface area contributed by atoms with Crippen LogP contribution in [0.1, 0.15) is 31.9 Å². The molecule has 3 N–H and O–H groups in total. The van der Waals surface area contributed by atoms with Gasteiger partial charge in [-0.1, -0.05) is 44.2 Å². The third-order valence-electron chi connectivity index (χ3n) is 4.38. The first-order chi connectivity index (χ1) is 11.9. The van der Waals surface area contributed by atoms with E-state index in [-0.39, 0.29) is 17.5 Å². The summed E-state index contributed by atoms with van der Waals surface area (Å²) in [6.45, 7) is 6.43. The predicted octanol–water partition coefficient (Wildman–Crippen LogP) is 2.65. The molecule has 5 heteroatoms. The third kappa shape index (κ3) is 5.87. The number of nitrogens with zero attached hydrogens (tertiary/aromatic N) is 1. The minimum atomic E-state index is -0.638. The minimum absolute atomic E-state index is 0.202. The number of carbonyl (C=O) groups is 1. The van der Waals surface area contributed by atoms with Crippen molar-refractivity contribution in [2.24, 2.45) is 0 Å². The first kappa shape index (κ1) is 18.9. The van der Waals surface area contributed by atoms with Crippen molar-refractivity contribution in [3.05, 3.63) is 66.0 Å². The van der Waals surface area contributed by atoms with Crippen LogP contribution in [-0.2, 0) is 11.8 Å². The van der Waals surface area contributed by atoms with E-state index in [0.29, 0.717) is 13.0 Å². The Morgan fingerprint density at radius 1 is 1.16 bits per heavy atom. The summed E-state index contributed by atoms with van der Waals surface area (Å²) in [7, 11) is 0. The molecule has 0 aliphatic carbocycles. The molecule has 0 bridgehead atoms. The molecule has 25 heavy (non-hydrogen) atoms. The van der Waals surface area contributed by atoms with E-state index in [1.54, 1.807) is 19.3 Å². The van der Waals surface area contributed by atoms with E-state index in [1.165, 1.54) is 0 Å². The Balaban J connectivity index is 1.81. The highest BCUT2D eigenvalue weighted by atomic mass is 16.3. The van der Waals surface area contributed by atoms with Gasteiger partial charge in [0, 0.05) is 30.8 Å². The number of aliphatic hydroxyl groups is 1. The van der Waals surface area contributed by atoms with Crippen molar-refractivity contribution in [3.63, 3.8) is 0 Å². The predicted molar refractivity (Wildman–Crippen MR) is 99.4 cm³/mol. The molecule has 0 aliphatic rings. The molecule has 2 rings (SSSR count). The maximum absolute atomic E-state index is 12.1. The largest absolute Gasteiger partial charge is 0.391 e. The SMILES string of the molecule is CC(NC(=O)NCC(C)(C)c1ccncc1)C(O)Cc1ccccc1. The number of rotatable bonds is 7. The second-order valence-corrected chi connectivity index (χ2v) is 6.99. The van der Waals surface area contributed by atoms with Crippen molar-refractivity contribution < 1.29 is 9.90 Å². The van der Waals surface area contributed by atoms with Gasteiger partial charge in [-0.05, 0) is 30.2 Å². The molecule has 1 aromatic carbocycles. The Morgan fingerprint density at radius 2 is 1.80 bits per heavy atom. The third-order valence-corrected chi connectivity index (χ3v) is 4.38. The summed E-state index contributed by atoms with van der Waals surface area (Å²) in [5, 5.41) is 16.0. The monoisotopic (exact) mass is 341 g/mol. The Bertz CT molecular complexity index is 659. The Kier molecular flexibility index (Phi) is 6.53. The molecule has 2 atom stereocenters. The van der Waals surface area contributed by atoms with Gasteiger partial charge < -0.3 is 15.7 Å². The molecule has 0 spiro atoms. The van der Waals surface area contributed by atoms with Crippen LogP contribution in [0.3, 0.4) is 0 Å². The normalized spacial score (nSPS) is 13.8. The highest BCUT2D eigenvalue weighted by molar-refractivity contribution is 5.74. The highest BCUT2D eigenvalue weighted by Gasteiger charge is 2.22. The molecule has 0 aliphatic heterocycles. The summed E-state index contributed by atoms with van der Waals surface area (Å²) in [6, 6.07) is 13.0. The lowest BCUT2D eigenvalue weighted by atomic mass is 9.85. The van der Waals surface area contributed by atoms with E-state index in [4.69, 9.17) is 0 Å². The smallest absolute Gasteiger partial charge is 0.315 e. The van der Waals surface area contributed by atoms with Crippen molar-refractivity contribution in [2.75, 3.05) is 6.54 Å². The molecule has 1 aromatic heterocycles. The molecule has 134 valence electrons. The van der Waals surface area contributed by atoms with Crippen molar-refractivity contribution >= 4 is 6.03 Å². The number of amides is 2. The lowest BCUT2D eigenvalue weighted by Gasteiger charge is -2.27. The van der Waals surface area contributed by atoms with E-state index in [2.05, 4.69) is 29.5 Å². The molecule has 0 radical (unpaired) electrons. The van der Waals surface area contributed by atoms with Gasteiger partial charge in [0.2, 0.25) is 0 Å². The molecule has 0 saturated carbocycles. The number of hydrogen-bond donors (Lipinski definition) is 3. The molecule has 0 fully saturated rings. The standard InChI is InChI=1S/C20H27N3O2/c1-15(18(24)13-16-7-5-4-6-8-16)23-19(25)22-14-20(2,3)17-9-11-21-12-10-17/h4-12,15,18,24H,13-14H2,1-3H3,(H2,22,23,25). The van der Waals surface area contributed by atoms with Gasteiger partial charge >= 0.3 is 6.03 Å². The van der Waals surface area contributed by atoms with E-state index in [9.17, 15) is 9.90 Å². The molecule has 1 heterocycles. The highest BCUT2D eigenvalue weighted by Crippen LogP contribution is 2.21. The summed E-state index contributed by atoms with van der Waals surface area (Å²) in [4.78, 5) is 16.2. The average molecular weight is 341 g/mol. The maximum Gasteiger partial charge on any atom is 0.315 e. The Hall–Kier alpha value is -2.40. The zero-order valence-electron chi connectivity index (χ0n) is 15.1. The molecular weight excluding hydrogens is 314 g/mol. The van der Waals surface area contributed by atoms with E-state index < -0.39 is 6.10 Å². The zero-order chi connectivity index (χ0) is 18.3. The number of benzene rings is 1. The number of pyridine rings is 1. The van der Waals surface area contributed by atoms with Gasteiger partial charge in [-0.2, -0.15) is 0 Å². The van der Waals surface area contributed by atoms with Crippen molar-refractivity contribution in [1.82, 2.24) is 15.6 Å². The van der Waals surface area contributed by atoms with Gasteiger partial charge in [0.25, 0.3) is 0 Å². The van der Waals surface area contributed by atoms with Crippen LogP contribution in [0.2, 0.25) is 0 Å². The van der Waals surface area contributed by atoms with Crippen LogP contribution in [0.5, 0.6) is 0 Å². The number of aromatic nitrogens is 1. The lowest BCUT2D eigenvalue weighted by Crippen LogP contribution is -2.49. The fraction of sp³-hybridized carbons (Fsp3) is 0.400. The maximum atomic E-state index is 12.1. The number of nitrogens with one attached hydrogen (secondary N) is 2. The summed E-state index contributed by atoms with van der Waals surface area (Å²) in [6.07, 6.45) is 3.37. The number of carbonyl (C=O) groups excluding carboxylic acids is 1. The molecule has 2 amide bonds. The first-order valence-corrected chi connectivity index (χ1v) is 8.55. The minimum Gasteiger partial charge on any atom is -0.391 e. The van der Waals surface area contributed by atoms with Crippen molar-refractivity contribution in [2.45, 2.75) is 44.8 Å². The molecule has 2 aromatic rings. The Labute approximate surface area is 149 Å². The van der Waals surface area contributed by atoms with E-state index in [1.807, 2.05) is 42.5 Å². The fourth-order valence-corrected chi connectivity index (χ4v) is 2.59. The second kappa shape index (κ2) is 8.62. The van der Waals surface area contributed by atoms with Crippen LogP contribution in [-0.4, -0.2) is 34.8 Å². The topological polar surface area (TPSA) is 74.2 Å². The van der Waals surface area contributed by atoms with Crippen LogP contribution in [0.15, 0.2) is 54.9 Å². The van der Waals surface area contributed by atoms with Crippen LogP contribution in [0.25, 0.3) is 0 Å². The lowest BCUT2D eigenvalue weighted by molar-refractivity contribution is 0.135.